The Balaban J connectivity index is -0.00000123. The van der Waals surface area contributed by atoms with E-state index >= 15 is 0 Å². The van der Waals surface area contributed by atoms with Gasteiger partial charge in [-0.1, -0.05) is 108 Å². The van der Waals surface area contributed by atoms with Crippen LogP contribution in [0.15, 0.2) is 0 Å². The first-order valence-corrected chi connectivity index (χ1v) is 12.4. The molecule has 26 heavy (non-hydrogen) atoms. The van der Waals surface area contributed by atoms with E-state index in [-0.39, 0.29) is 11.4 Å². The first-order valence-electron chi connectivity index (χ1n) is 11.3. The van der Waals surface area contributed by atoms with Crippen LogP contribution in [0, 0.1) is 5.41 Å². The van der Waals surface area contributed by atoms with Gasteiger partial charge < -0.3 is 4.74 Å². The summed E-state index contributed by atoms with van der Waals surface area (Å²) in [5.41, 5.74) is -0.332. The van der Waals surface area contributed by atoms with Gasteiger partial charge in [0.2, 0.25) is 0 Å². The quantitative estimate of drug-likeness (QED) is 0.145. The van der Waals surface area contributed by atoms with E-state index in [0.29, 0.717) is 6.61 Å². The van der Waals surface area contributed by atoms with Gasteiger partial charge in [0.15, 0.2) is 0 Å². The molecule has 0 atom stereocenters. The normalized spacial score (nSPS) is 10.3. The van der Waals surface area contributed by atoms with Crippen LogP contribution < -0.4 is 0 Å². The highest BCUT2D eigenvalue weighted by Gasteiger charge is 2.28. The van der Waals surface area contributed by atoms with Gasteiger partial charge in [-0.2, -0.15) is 0 Å². The summed E-state index contributed by atoms with van der Waals surface area (Å²) < 4.78 is 5.45. The van der Waals surface area contributed by atoms with E-state index in [2.05, 4.69) is 22.9 Å². The molecule has 160 valence electrons. The molecule has 0 unspecified atom stereocenters. The Kier molecular flexibility index (Phi) is 29.4. The highest BCUT2D eigenvalue weighted by molar-refractivity contribution is 9.09. The number of carbonyl (C=O) groups is 1. The fourth-order valence-corrected chi connectivity index (χ4v) is 2.93. The van der Waals surface area contributed by atoms with Gasteiger partial charge in [-0.15, -0.1) is 0 Å². The molecule has 0 heterocycles. The standard InChI is InChI=1S/C19H37BrO2.2C2H6/c1-4-5-6-7-8-9-10-11-14-17-22-18(21)19(2,3)15-12-13-16-20;2*1-2/h4-17H2,1-3H3;2*1-2H3. The Hall–Kier alpha value is -0.0500. The Morgan fingerprint density at radius 1 is 0.769 bits per heavy atom. The van der Waals surface area contributed by atoms with Crippen LogP contribution >= 0.6 is 15.9 Å². The van der Waals surface area contributed by atoms with Crippen molar-refractivity contribution in [1.29, 1.82) is 0 Å². The van der Waals surface area contributed by atoms with E-state index in [1.54, 1.807) is 0 Å². The van der Waals surface area contributed by atoms with E-state index < -0.39 is 0 Å². The second kappa shape index (κ2) is 24.9. The largest absolute Gasteiger partial charge is 0.465 e. The van der Waals surface area contributed by atoms with Crippen LogP contribution in [-0.4, -0.2) is 17.9 Å². The fourth-order valence-electron chi connectivity index (χ4n) is 2.54. The molecule has 0 aliphatic carbocycles. The van der Waals surface area contributed by atoms with E-state index in [9.17, 15) is 4.79 Å². The van der Waals surface area contributed by atoms with Crippen molar-refractivity contribution in [2.75, 3.05) is 11.9 Å². The minimum absolute atomic E-state index is 0.0263. The Labute approximate surface area is 174 Å². The van der Waals surface area contributed by atoms with Crippen LogP contribution in [0.4, 0.5) is 0 Å². The maximum atomic E-state index is 12.1. The molecule has 0 fully saturated rings. The van der Waals surface area contributed by atoms with Crippen LogP contribution in [0.2, 0.25) is 0 Å². The van der Waals surface area contributed by atoms with Crippen molar-refractivity contribution in [2.24, 2.45) is 5.41 Å². The lowest BCUT2D eigenvalue weighted by atomic mass is 9.87. The van der Waals surface area contributed by atoms with Gasteiger partial charge in [-0.05, 0) is 33.1 Å². The molecule has 0 aromatic rings. The second-order valence-electron chi connectivity index (χ2n) is 6.99. The van der Waals surface area contributed by atoms with E-state index in [1.165, 1.54) is 51.4 Å². The van der Waals surface area contributed by atoms with Crippen molar-refractivity contribution in [3.8, 4) is 0 Å². The SMILES string of the molecule is CC.CC.CCCCCCCCCCCOC(=O)C(C)(C)CCCCBr. The minimum Gasteiger partial charge on any atom is -0.465 e. The fraction of sp³-hybridized carbons (Fsp3) is 0.957. The molecule has 0 saturated heterocycles. The van der Waals surface area contributed by atoms with Crippen molar-refractivity contribution in [2.45, 2.75) is 126 Å². The van der Waals surface area contributed by atoms with Crippen molar-refractivity contribution in [3.63, 3.8) is 0 Å². The maximum Gasteiger partial charge on any atom is 0.311 e. The molecule has 0 aliphatic rings. The lowest BCUT2D eigenvalue weighted by molar-refractivity contribution is -0.154. The van der Waals surface area contributed by atoms with Crippen LogP contribution in [0.25, 0.3) is 0 Å². The topological polar surface area (TPSA) is 26.3 Å². The first kappa shape index (κ1) is 30.7. The summed E-state index contributed by atoms with van der Waals surface area (Å²) in [6.07, 6.45) is 14.7. The Bertz CT molecular complexity index is 265. The number of rotatable bonds is 15. The van der Waals surface area contributed by atoms with Gasteiger partial charge in [0.1, 0.15) is 0 Å². The lowest BCUT2D eigenvalue weighted by Crippen LogP contribution is -2.27. The zero-order valence-corrected chi connectivity index (χ0v) is 20.7. The van der Waals surface area contributed by atoms with Crippen molar-refractivity contribution in [3.05, 3.63) is 0 Å². The third kappa shape index (κ3) is 22.0. The zero-order chi connectivity index (χ0) is 20.7. The van der Waals surface area contributed by atoms with Gasteiger partial charge >= 0.3 is 5.97 Å². The monoisotopic (exact) mass is 436 g/mol. The second-order valence-corrected chi connectivity index (χ2v) is 7.79. The molecule has 0 N–H and O–H groups in total. The van der Waals surface area contributed by atoms with Crippen molar-refractivity contribution >= 4 is 21.9 Å². The molecule has 0 aliphatic heterocycles. The number of halogens is 1. The molecule has 0 radical (unpaired) electrons. The number of hydrogen-bond acceptors (Lipinski definition) is 2. The molecule has 0 saturated carbocycles. The third-order valence-electron chi connectivity index (χ3n) is 4.22. The summed E-state index contributed by atoms with van der Waals surface area (Å²) in [6.45, 7) is 14.8. The average molecular weight is 438 g/mol. The number of esters is 1. The summed E-state index contributed by atoms with van der Waals surface area (Å²) in [7, 11) is 0. The molecule has 0 amide bonds. The van der Waals surface area contributed by atoms with Gasteiger partial charge in [-0.3, -0.25) is 4.79 Å². The van der Waals surface area contributed by atoms with E-state index in [0.717, 1.165) is 31.0 Å². The van der Waals surface area contributed by atoms with E-state index in [4.69, 9.17) is 4.74 Å². The van der Waals surface area contributed by atoms with E-state index in [1.807, 2.05) is 41.5 Å². The van der Waals surface area contributed by atoms with Crippen LogP contribution in [0.5, 0.6) is 0 Å². The number of ether oxygens (including phenoxy) is 1. The summed E-state index contributed by atoms with van der Waals surface area (Å²) in [4.78, 5) is 12.1. The molecular formula is C23H49BrO2. The summed E-state index contributed by atoms with van der Waals surface area (Å²) in [5, 5.41) is 1.01. The number of unbranched alkanes of at least 4 members (excludes halogenated alkanes) is 9. The molecular weight excluding hydrogens is 388 g/mol. The molecule has 3 heteroatoms. The highest BCUT2D eigenvalue weighted by Crippen LogP contribution is 2.25. The smallest absolute Gasteiger partial charge is 0.311 e. The highest BCUT2D eigenvalue weighted by atomic mass is 79.9. The minimum atomic E-state index is -0.332. The number of alkyl halides is 1. The average Bonchev–Trinajstić information content (AvgIpc) is 2.66. The molecule has 0 aromatic heterocycles. The Morgan fingerprint density at radius 3 is 1.69 bits per heavy atom. The first-order chi connectivity index (χ1) is 12.5. The van der Waals surface area contributed by atoms with Crippen LogP contribution in [0.3, 0.4) is 0 Å². The summed E-state index contributed by atoms with van der Waals surface area (Å²) >= 11 is 3.43. The Morgan fingerprint density at radius 2 is 1.23 bits per heavy atom. The molecule has 0 bridgehead atoms. The number of carbonyl (C=O) groups excluding carboxylic acids is 1. The van der Waals surface area contributed by atoms with Crippen molar-refractivity contribution < 1.29 is 9.53 Å². The summed E-state index contributed by atoms with van der Waals surface area (Å²) in [5.74, 6) is -0.0263. The maximum absolute atomic E-state index is 12.1. The predicted molar refractivity (Wildman–Crippen MR) is 122 cm³/mol. The van der Waals surface area contributed by atoms with Gasteiger partial charge in [0, 0.05) is 5.33 Å². The van der Waals surface area contributed by atoms with Crippen LogP contribution in [0.1, 0.15) is 126 Å². The third-order valence-corrected chi connectivity index (χ3v) is 4.78. The number of hydrogen-bond donors (Lipinski definition) is 0. The van der Waals surface area contributed by atoms with Crippen molar-refractivity contribution in [1.82, 2.24) is 0 Å². The molecule has 0 aromatic carbocycles. The van der Waals surface area contributed by atoms with Gasteiger partial charge in [0.05, 0.1) is 12.0 Å². The van der Waals surface area contributed by atoms with Crippen LogP contribution in [-0.2, 0) is 9.53 Å². The molecule has 0 rings (SSSR count). The summed E-state index contributed by atoms with van der Waals surface area (Å²) in [6, 6.07) is 0. The lowest BCUT2D eigenvalue weighted by Gasteiger charge is -2.22. The van der Waals surface area contributed by atoms with Gasteiger partial charge in [0.25, 0.3) is 0 Å². The zero-order valence-electron chi connectivity index (χ0n) is 19.1. The van der Waals surface area contributed by atoms with Gasteiger partial charge in [-0.25, -0.2) is 0 Å². The predicted octanol–water partition coefficient (Wildman–Crippen LogP) is 8.70. The molecule has 2 nitrogen and oxygen atoms in total. The molecule has 0 spiro atoms.